The maximum absolute atomic E-state index is 13.5. The molecule has 0 aliphatic carbocycles. The molecule has 1 amide bonds. The molecule has 0 saturated carbocycles. The second-order valence-corrected chi connectivity index (χ2v) is 25.7. The molecular weight excluding hydrogens is 1100 g/mol. The predicted octanol–water partition coefficient (Wildman–Crippen LogP) is 19.5. The van der Waals surface area contributed by atoms with Crippen molar-refractivity contribution in [2.45, 2.75) is 391 Å². The largest absolute Gasteiger partial charge is 0.454 e. The summed E-state index contributed by atoms with van der Waals surface area (Å²) in [6, 6.07) is -1.03. The summed E-state index contributed by atoms with van der Waals surface area (Å²) in [5.74, 6) is -1.19. The highest BCUT2D eigenvalue weighted by Crippen LogP contribution is 2.26. The Labute approximate surface area is 541 Å². The zero-order chi connectivity index (χ0) is 63.9. The van der Waals surface area contributed by atoms with E-state index in [4.69, 9.17) is 14.2 Å². The molecule has 0 aromatic rings. The number of nitrogens with one attached hydrogen (secondary N) is 1. The van der Waals surface area contributed by atoms with Gasteiger partial charge in [0, 0.05) is 6.42 Å². The average molecular weight is 1240 g/mol. The number of unbranched alkanes of at least 4 members (excludes halogenated alkanes) is 40. The molecular formula is C77H139NO10. The van der Waals surface area contributed by atoms with E-state index < -0.39 is 67.4 Å². The van der Waals surface area contributed by atoms with Gasteiger partial charge >= 0.3 is 5.97 Å². The molecule has 11 heteroatoms. The number of esters is 1. The van der Waals surface area contributed by atoms with Gasteiger partial charge in [-0.05, 0) is 96.3 Å². The number of hydrogen-bond donors (Lipinski definition) is 6. The van der Waals surface area contributed by atoms with Crippen molar-refractivity contribution in [1.82, 2.24) is 5.32 Å². The molecule has 1 saturated heterocycles. The van der Waals surface area contributed by atoms with Crippen LogP contribution in [0.5, 0.6) is 0 Å². The summed E-state index contributed by atoms with van der Waals surface area (Å²) in [5, 5.41) is 57.3. The fourth-order valence-electron chi connectivity index (χ4n) is 11.5. The van der Waals surface area contributed by atoms with E-state index in [1.54, 1.807) is 6.08 Å². The standard InChI is InChI=1S/C77H139NO10/c1-4-7-10-13-16-19-22-25-27-29-31-33-34-35-36-37-38-39-41-43-45-47-50-53-56-59-62-65-72(82)88-75-74(84)73(83)71(66-79)87-77(75)86-67-68(69(80)63-60-57-54-51-48-24-21-18-15-12-9-6-3)78-76(85)70(81)64-61-58-55-52-49-46-44-42-40-32-30-28-26-23-20-17-14-11-8-5-2/h16-17,19-20,25-28,31,33,60,63,68-71,73-75,77,79-81,83-84H,4-15,18,21-24,29-30,32,34-59,61-62,64-67H2,1-3H3,(H,78,85)/b19-16-,20-17-,27-25-,28-26-,33-31-,63-60+. The molecule has 11 nitrogen and oxygen atoms in total. The van der Waals surface area contributed by atoms with Crippen LogP contribution in [0.15, 0.2) is 72.9 Å². The Hall–Kier alpha value is -2.90. The second kappa shape index (κ2) is 64.2. The molecule has 1 aliphatic heterocycles. The summed E-state index contributed by atoms with van der Waals surface area (Å²) < 4.78 is 17.7. The van der Waals surface area contributed by atoms with Crippen LogP contribution >= 0.6 is 0 Å². The van der Waals surface area contributed by atoms with Crippen molar-refractivity contribution in [2.24, 2.45) is 0 Å². The van der Waals surface area contributed by atoms with Gasteiger partial charge in [-0.15, -0.1) is 0 Å². The molecule has 0 radical (unpaired) electrons. The van der Waals surface area contributed by atoms with E-state index in [2.05, 4.69) is 86.8 Å². The third-order valence-electron chi connectivity index (χ3n) is 17.3. The summed E-state index contributed by atoms with van der Waals surface area (Å²) in [7, 11) is 0. The number of hydrogen-bond acceptors (Lipinski definition) is 10. The minimum atomic E-state index is -1.62. The number of amides is 1. The van der Waals surface area contributed by atoms with Crippen LogP contribution in [0.3, 0.4) is 0 Å². The molecule has 1 rings (SSSR count). The SMILES string of the molecule is CCCCC/C=C\C/C=C\C/C=C\CCCCCCCCCCCCCCCCC(=O)OC1C(OCC(NC(=O)C(O)CCCCCCCCCCCC/C=C\C/C=C\CCCCC)C(O)/C=C/CCCCCCCCCCCC)OC(CO)C(O)C1O. The minimum Gasteiger partial charge on any atom is -0.454 e. The molecule has 0 spiro atoms. The number of ether oxygens (including phenoxy) is 3. The maximum atomic E-state index is 13.5. The van der Waals surface area contributed by atoms with E-state index in [-0.39, 0.29) is 19.4 Å². The van der Waals surface area contributed by atoms with Crippen molar-refractivity contribution >= 4 is 11.9 Å². The van der Waals surface area contributed by atoms with Gasteiger partial charge < -0.3 is 45.1 Å². The van der Waals surface area contributed by atoms with Gasteiger partial charge in [0.1, 0.15) is 24.4 Å². The lowest BCUT2D eigenvalue weighted by atomic mass is 9.99. The molecule has 6 N–H and O–H groups in total. The number of carbonyl (C=O) groups excluding carboxylic acids is 2. The van der Waals surface area contributed by atoms with Gasteiger partial charge in [-0.1, -0.05) is 312 Å². The zero-order valence-electron chi connectivity index (χ0n) is 57.1. The molecule has 1 heterocycles. The molecule has 0 aromatic carbocycles. The quantitative estimate of drug-likeness (QED) is 0.0195. The van der Waals surface area contributed by atoms with Gasteiger partial charge in [-0.25, -0.2) is 0 Å². The average Bonchev–Trinajstić information content (AvgIpc) is 1.29. The van der Waals surface area contributed by atoms with Crippen LogP contribution < -0.4 is 5.32 Å². The third kappa shape index (κ3) is 50.7. The first kappa shape index (κ1) is 83.1. The molecule has 8 unspecified atom stereocenters. The first-order valence-electron chi connectivity index (χ1n) is 37.2. The first-order chi connectivity index (χ1) is 43.2. The lowest BCUT2D eigenvalue weighted by Crippen LogP contribution is -2.61. The van der Waals surface area contributed by atoms with Gasteiger partial charge in [-0.2, -0.15) is 0 Å². The van der Waals surface area contributed by atoms with E-state index in [0.29, 0.717) is 12.8 Å². The van der Waals surface area contributed by atoms with E-state index in [0.717, 1.165) is 83.5 Å². The molecule has 0 bridgehead atoms. The van der Waals surface area contributed by atoms with Gasteiger partial charge in [0.25, 0.3) is 0 Å². The summed E-state index contributed by atoms with van der Waals surface area (Å²) in [6.07, 6.45) is 73.7. The summed E-state index contributed by atoms with van der Waals surface area (Å²) in [4.78, 5) is 26.7. The Balaban J connectivity index is 2.53. The van der Waals surface area contributed by atoms with Crippen molar-refractivity contribution in [1.29, 1.82) is 0 Å². The van der Waals surface area contributed by atoms with Gasteiger partial charge in [-0.3, -0.25) is 9.59 Å². The highest BCUT2D eigenvalue weighted by Gasteiger charge is 2.47. The Kier molecular flexibility index (Phi) is 60.6. The highest BCUT2D eigenvalue weighted by atomic mass is 16.7. The fraction of sp³-hybridized carbons (Fsp3) is 0.818. The van der Waals surface area contributed by atoms with Crippen molar-refractivity contribution in [3.05, 3.63) is 72.9 Å². The molecule has 8 atom stereocenters. The van der Waals surface area contributed by atoms with E-state index in [1.165, 1.54) is 212 Å². The molecule has 1 aliphatic rings. The van der Waals surface area contributed by atoms with Crippen LogP contribution in [0.4, 0.5) is 0 Å². The monoisotopic (exact) mass is 1240 g/mol. The minimum absolute atomic E-state index is 0.122. The molecule has 512 valence electrons. The fourth-order valence-corrected chi connectivity index (χ4v) is 11.5. The highest BCUT2D eigenvalue weighted by molar-refractivity contribution is 5.80. The van der Waals surface area contributed by atoms with Gasteiger partial charge in [0.05, 0.1) is 25.4 Å². The van der Waals surface area contributed by atoms with Crippen LogP contribution in [-0.4, -0.2) is 99.6 Å². The number of carbonyl (C=O) groups is 2. The Morgan fingerprint density at radius 1 is 0.443 bits per heavy atom. The number of rotatable bonds is 64. The third-order valence-corrected chi connectivity index (χ3v) is 17.3. The lowest BCUT2D eigenvalue weighted by molar-refractivity contribution is -0.305. The summed E-state index contributed by atoms with van der Waals surface area (Å²) in [6.45, 7) is 5.78. The smallest absolute Gasteiger partial charge is 0.306 e. The van der Waals surface area contributed by atoms with Crippen LogP contribution in [0.25, 0.3) is 0 Å². The first-order valence-corrected chi connectivity index (χ1v) is 37.2. The van der Waals surface area contributed by atoms with Crippen LogP contribution in [-0.2, 0) is 23.8 Å². The molecule has 0 aromatic heterocycles. The van der Waals surface area contributed by atoms with Crippen LogP contribution in [0.1, 0.15) is 342 Å². The maximum Gasteiger partial charge on any atom is 0.306 e. The van der Waals surface area contributed by atoms with Crippen LogP contribution in [0, 0.1) is 0 Å². The van der Waals surface area contributed by atoms with E-state index in [9.17, 15) is 35.1 Å². The van der Waals surface area contributed by atoms with Crippen LogP contribution in [0.2, 0.25) is 0 Å². The summed E-state index contributed by atoms with van der Waals surface area (Å²) >= 11 is 0. The summed E-state index contributed by atoms with van der Waals surface area (Å²) in [5.41, 5.74) is 0. The van der Waals surface area contributed by atoms with Crippen molar-refractivity contribution in [3.8, 4) is 0 Å². The Bertz CT molecular complexity index is 1710. The molecule has 1 fully saturated rings. The van der Waals surface area contributed by atoms with Gasteiger partial charge in [0.2, 0.25) is 5.91 Å². The Morgan fingerprint density at radius 3 is 1.19 bits per heavy atom. The van der Waals surface area contributed by atoms with Crippen molar-refractivity contribution < 1.29 is 49.3 Å². The van der Waals surface area contributed by atoms with Crippen molar-refractivity contribution in [3.63, 3.8) is 0 Å². The zero-order valence-corrected chi connectivity index (χ0v) is 57.1. The molecule has 88 heavy (non-hydrogen) atoms. The lowest BCUT2D eigenvalue weighted by Gasteiger charge is -2.41. The van der Waals surface area contributed by atoms with Gasteiger partial charge in [0.15, 0.2) is 12.4 Å². The number of allylic oxidation sites excluding steroid dienone is 11. The normalized spacial score (nSPS) is 18.6. The second-order valence-electron chi connectivity index (χ2n) is 25.7. The van der Waals surface area contributed by atoms with Crippen molar-refractivity contribution in [2.75, 3.05) is 13.2 Å². The number of aliphatic hydroxyl groups is 5. The van der Waals surface area contributed by atoms with E-state index >= 15 is 0 Å². The Morgan fingerprint density at radius 2 is 0.784 bits per heavy atom. The number of aliphatic hydroxyl groups excluding tert-OH is 5. The van der Waals surface area contributed by atoms with E-state index in [1.807, 2.05) is 6.08 Å². The predicted molar refractivity (Wildman–Crippen MR) is 370 cm³/mol. The topological polar surface area (TPSA) is 175 Å².